The number of rotatable bonds is 4. The third-order valence-corrected chi connectivity index (χ3v) is 2.52. The molecule has 0 unspecified atom stereocenters. The Morgan fingerprint density at radius 1 is 1.67 bits per heavy atom. The van der Waals surface area contributed by atoms with Crippen LogP contribution in [0.4, 0.5) is 0 Å². The zero-order valence-corrected chi connectivity index (χ0v) is 8.35. The maximum atomic E-state index is 10.8. The Morgan fingerprint density at radius 2 is 2.25 bits per heavy atom. The van der Waals surface area contributed by atoms with Gasteiger partial charge >= 0.3 is 5.97 Å². The molecular formula is C8H12BrNO2. The second kappa shape index (κ2) is 3.58. The van der Waals surface area contributed by atoms with Gasteiger partial charge in [-0.05, 0) is 19.3 Å². The second-order valence-corrected chi connectivity index (χ2v) is 4.23. The molecule has 68 valence electrons. The van der Waals surface area contributed by atoms with E-state index in [9.17, 15) is 4.79 Å². The summed E-state index contributed by atoms with van der Waals surface area (Å²) in [5.41, 5.74) is -0.670. The third-order valence-electron chi connectivity index (χ3n) is 2.24. The van der Waals surface area contributed by atoms with E-state index in [0.717, 1.165) is 23.7 Å². The molecule has 2 N–H and O–H groups in total. The molecule has 12 heavy (non-hydrogen) atoms. The Balaban J connectivity index is 2.45. The summed E-state index contributed by atoms with van der Waals surface area (Å²) in [6, 6.07) is 0. The van der Waals surface area contributed by atoms with Crippen LogP contribution in [0.5, 0.6) is 0 Å². The van der Waals surface area contributed by atoms with Gasteiger partial charge in [-0.2, -0.15) is 0 Å². The highest BCUT2D eigenvalue weighted by Gasteiger charge is 2.43. The van der Waals surface area contributed by atoms with Crippen LogP contribution in [-0.4, -0.2) is 23.2 Å². The molecule has 1 aliphatic rings. The summed E-state index contributed by atoms with van der Waals surface area (Å²) in [6.45, 7) is 4.16. The summed E-state index contributed by atoms with van der Waals surface area (Å²) in [5, 5.41) is 11.9. The van der Waals surface area contributed by atoms with Crippen LogP contribution in [0, 0.1) is 0 Å². The van der Waals surface area contributed by atoms with Crippen molar-refractivity contribution in [1.29, 1.82) is 0 Å². The van der Waals surface area contributed by atoms with E-state index in [1.54, 1.807) is 0 Å². The van der Waals surface area contributed by atoms with E-state index < -0.39 is 11.5 Å². The van der Waals surface area contributed by atoms with Crippen molar-refractivity contribution < 1.29 is 9.90 Å². The number of carboxylic acids is 1. The zero-order valence-electron chi connectivity index (χ0n) is 6.77. The molecule has 0 amide bonds. The lowest BCUT2D eigenvalue weighted by molar-refractivity contribution is -0.148. The Morgan fingerprint density at radius 3 is 2.50 bits per heavy atom. The standard InChI is InChI=1S/C8H12BrNO2/c1-6(9)5-10-8(7(11)12)3-2-4-8/h10H,1-5H2,(H,11,12). The topological polar surface area (TPSA) is 49.3 Å². The first-order valence-corrected chi connectivity index (χ1v) is 4.68. The number of carboxylic acid groups (broad SMARTS) is 1. The van der Waals surface area contributed by atoms with Gasteiger partial charge in [-0.25, -0.2) is 0 Å². The lowest BCUT2D eigenvalue weighted by Gasteiger charge is -2.38. The van der Waals surface area contributed by atoms with Crippen LogP contribution in [0.2, 0.25) is 0 Å². The molecule has 0 radical (unpaired) electrons. The summed E-state index contributed by atoms with van der Waals surface area (Å²) in [4.78, 5) is 10.8. The first kappa shape index (κ1) is 9.74. The van der Waals surface area contributed by atoms with Crippen LogP contribution in [0.15, 0.2) is 11.1 Å². The number of aliphatic carboxylic acids is 1. The maximum Gasteiger partial charge on any atom is 0.323 e. The first-order chi connectivity index (χ1) is 5.57. The molecule has 1 aliphatic carbocycles. The fraction of sp³-hybridized carbons (Fsp3) is 0.625. The van der Waals surface area contributed by atoms with E-state index in [2.05, 4.69) is 27.8 Å². The number of halogens is 1. The molecule has 1 fully saturated rings. The van der Waals surface area contributed by atoms with Crippen LogP contribution in [0.25, 0.3) is 0 Å². The minimum Gasteiger partial charge on any atom is -0.480 e. The van der Waals surface area contributed by atoms with Crippen molar-refractivity contribution in [2.45, 2.75) is 24.8 Å². The van der Waals surface area contributed by atoms with Crippen LogP contribution < -0.4 is 5.32 Å². The maximum absolute atomic E-state index is 10.8. The predicted octanol–water partition coefficient (Wildman–Crippen LogP) is 1.49. The highest BCUT2D eigenvalue weighted by Crippen LogP contribution is 2.32. The average molecular weight is 234 g/mol. The van der Waals surface area contributed by atoms with Crippen LogP contribution in [0.1, 0.15) is 19.3 Å². The van der Waals surface area contributed by atoms with Crippen molar-refractivity contribution in [3.63, 3.8) is 0 Å². The molecular weight excluding hydrogens is 222 g/mol. The molecule has 0 aromatic carbocycles. The first-order valence-electron chi connectivity index (χ1n) is 3.88. The quantitative estimate of drug-likeness (QED) is 0.774. The van der Waals surface area contributed by atoms with Gasteiger partial charge in [-0.3, -0.25) is 10.1 Å². The Bertz CT molecular complexity index is 211. The lowest BCUT2D eigenvalue weighted by atomic mass is 9.77. The number of nitrogens with one attached hydrogen (secondary N) is 1. The Labute approximate surface area is 80.0 Å². The van der Waals surface area contributed by atoms with Crippen LogP contribution >= 0.6 is 15.9 Å². The molecule has 0 aromatic rings. The summed E-state index contributed by atoms with van der Waals surface area (Å²) >= 11 is 3.18. The van der Waals surface area contributed by atoms with Gasteiger partial charge in [-0.1, -0.05) is 22.5 Å². The zero-order chi connectivity index (χ0) is 9.19. The molecule has 0 aliphatic heterocycles. The van der Waals surface area contributed by atoms with E-state index in [1.165, 1.54) is 0 Å². The van der Waals surface area contributed by atoms with Gasteiger partial charge in [0.05, 0.1) is 0 Å². The SMILES string of the molecule is C=C(Br)CNC1(C(=O)O)CCC1. The van der Waals surface area contributed by atoms with Gasteiger partial charge in [0.1, 0.15) is 5.54 Å². The number of hydrogen-bond donors (Lipinski definition) is 2. The normalized spacial score (nSPS) is 19.8. The van der Waals surface area contributed by atoms with Crippen molar-refractivity contribution in [2.24, 2.45) is 0 Å². The minimum atomic E-state index is -0.748. The molecule has 0 aromatic heterocycles. The molecule has 0 bridgehead atoms. The highest BCUT2D eigenvalue weighted by atomic mass is 79.9. The van der Waals surface area contributed by atoms with Crippen molar-refractivity contribution in [3.8, 4) is 0 Å². The molecule has 0 atom stereocenters. The predicted molar refractivity (Wildman–Crippen MR) is 50.3 cm³/mol. The van der Waals surface area contributed by atoms with Crippen molar-refractivity contribution in [2.75, 3.05) is 6.54 Å². The Kier molecular flexibility index (Phi) is 2.90. The Hall–Kier alpha value is -0.350. The molecule has 0 spiro atoms. The fourth-order valence-electron chi connectivity index (χ4n) is 1.26. The average Bonchev–Trinajstić information content (AvgIpc) is 1.83. The van der Waals surface area contributed by atoms with E-state index in [0.29, 0.717) is 6.54 Å². The minimum absolute atomic E-state index is 0.520. The molecule has 1 saturated carbocycles. The third kappa shape index (κ3) is 1.87. The molecule has 0 heterocycles. The van der Waals surface area contributed by atoms with Crippen molar-refractivity contribution in [3.05, 3.63) is 11.1 Å². The number of carbonyl (C=O) groups is 1. The van der Waals surface area contributed by atoms with E-state index in [4.69, 9.17) is 5.11 Å². The summed E-state index contributed by atoms with van der Waals surface area (Å²) in [7, 11) is 0. The lowest BCUT2D eigenvalue weighted by Crippen LogP contribution is -2.57. The van der Waals surface area contributed by atoms with E-state index in [-0.39, 0.29) is 0 Å². The van der Waals surface area contributed by atoms with Gasteiger partial charge < -0.3 is 5.11 Å². The number of hydrogen-bond acceptors (Lipinski definition) is 2. The van der Waals surface area contributed by atoms with Gasteiger partial charge in [0.15, 0.2) is 0 Å². The van der Waals surface area contributed by atoms with Gasteiger partial charge in [0.2, 0.25) is 0 Å². The van der Waals surface area contributed by atoms with Gasteiger partial charge in [0, 0.05) is 11.0 Å². The smallest absolute Gasteiger partial charge is 0.323 e. The monoisotopic (exact) mass is 233 g/mol. The fourth-order valence-corrected chi connectivity index (χ4v) is 1.40. The highest BCUT2D eigenvalue weighted by molar-refractivity contribution is 9.11. The summed E-state index contributed by atoms with van der Waals surface area (Å²) in [5.74, 6) is -0.748. The van der Waals surface area contributed by atoms with Crippen LogP contribution in [-0.2, 0) is 4.79 Å². The molecule has 4 heteroatoms. The van der Waals surface area contributed by atoms with Gasteiger partial charge in [0.25, 0.3) is 0 Å². The van der Waals surface area contributed by atoms with Crippen molar-refractivity contribution in [1.82, 2.24) is 5.32 Å². The van der Waals surface area contributed by atoms with E-state index >= 15 is 0 Å². The van der Waals surface area contributed by atoms with Crippen LogP contribution in [0.3, 0.4) is 0 Å². The summed E-state index contributed by atoms with van der Waals surface area (Å²) in [6.07, 6.45) is 2.44. The summed E-state index contributed by atoms with van der Waals surface area (Å²) < 4.78 is 0.787. The molecule has 1 rings (SSSR count). The molecule has 3 nitrogen and oxygen atoms in total. The molecule has 0 saturated heterocycles. The second-order valence-electron chi connectivity index (χ2n) is 3.11. The van der Waals surface area contributed by atoms with Gasteiger partial charge in [-0.15, -0.1) is 0 Å². The van der Waals surface area contributed by atoms with Crippen molar-refractivity contribution >= 4 is 21.9 Å². The largest absolute Gasteiger partial charge is 0.480 e. The van der Waals surface area contributed by atoms with E-state index in [1.807, 2.05) is 0 Å².